The summed E-state index contributed by atoms with van der Waals surface area (Å²) in [6.45, 7) is 2.00. The first kappa shape index (κ1) is 18.8. The van der Waals surface area contributed by atoms with Crippen LogP contribution < -0.4 is 0 Å². The van der Waals surface area contributed by atoms with Gasteiger partial charge in [0.05, 0.1) is 5.39 Å². The first-order valence-electron chi connectivity index (χ1n) is 8.88. The van der Waals surface area contributed by atoms with Gasteiger partial charge < -0.3 is 0 Å². The SMILES string of the molecule is Cc1ccc(C#Cc2ccc(-c3cc(F)c4c(F)c(F)c(F)cc4c3)cc2)cc1. The van der Waals surface area contributed by atoms with Gasteiger partial charge in [0, 0.05) is 11.1 Å². The Morgan fingerprint density at radius 2 is 1.17 bits per heavy atom. The van der Waals surface area contributed by atoms with Gasteiger partial charge in [-0.1, -0.05) is 41.7 Å². The molecule has 0 heterocycles. The molecule has 4 rings (SSSR count). The van der Waals surface area contributed by atoms with Crippen LogP contribution in [0.25, 0.3) is 21.9 Å². The third kappa shape index (κ3) is 3.72. The van der Waals surface area contributed by atoms with Gasteiger partial charge in [-0.25, -0.2) is 17.6 Å². The van der Waals surface area contributed by atoms with Crippen molar-refractivity contribution in [3.05, 3.63) is 107 Å². The summed E-state index contributed by atoms with van der Waals surface area (Å²) < 4.78 is 55.2. The first-order chi connectivity index (χ1) is 13.9. The molecular weight excluding hydrogens is 376 g/mol. The second-order valence-electron chi connectivity index (χ2n) is 6.74. The van der Waals surface area contributed by atoms with Crippen molar-refractivity contribution in [1.82, 2.24) is 0 Å². The van der Waals surface area contributed by atoms with Crippen LogP contribution in [0, 0.1) is 42.0 Å². The summed E-state index contributed by atoms with van der Waals surface area (Å²) in [5, 5.41) is -0.604. The molecule has 0 saturated heterocycles. The Bertz CT molecular complexity index is 1280. The number of hydrogen-bond donors (Lipinski definition) is 0. The van der Waals surface area contributed by atoms with Crippen LogP contribution in [0.15, 0.2) is 66.7 Å². The quantitative estimate of drug-likeness (QED) is 0.191. The van der Waals surface area contributed by atoms with Gasteiger partial charge in [-0.15, -0.1) is 0 Å². The molecule has 0 nitrogen and oxygen atoms in total. The molecule has 4 aromatic rings. The Balaban J connectivity index is 1.68. The minimum Gasteiger partial charge on any atom is -0.206 e. The number of benzene rings is 4. The number of rotatable bonds is 1. The summed E-state index contributed by atoms with van der Waals surface area (Å²) in [5.74, 6) is 0.623. The average Bonchev–Trinajstić information content (AvgIpc) is 2.71. The van der Waals surface area contributed by atoms with E-state index in [1.165, 1.54) is 6.07 Å². The van der Waals surface area contributed by atoms with Gasteiger partial charge in [0.1, 0.15) is 5.82 Å². The predicted octanol–water partition coefficient (Wildman–Crippen LogP) is 6.77. The van der Waals surface area contributed by atoms with E-state index in [0.29, 0.717) is 11.1 Å². The monoisotopic (exact) mass is 390 g/mol. The van der Waals surface area contributed by atoms with Gasteiger partial charge in [-0.3, -0.25) is 0 Å². The third-order valence-corrected chi connectivity index (χ3v) is 4.65. The fraction of sp³-hybridized carbons (Fsp3) is 0.0400. The molecule has 142 valence electrons. The lowest BCUT2D eigenvalue weighted by Crippen LogP contribution is -1.95. The zero-order chi connectivity index (χ0) is 20.5. The van der Waals surface area contributed by atoms with Gasteiger partial charge in [0.25, 0.3) is 0 Å². The molecule has 0 aliphatic rings. The lowest BCUT2D eigenvalue weighted by Gasteiger charge is -2.08. The van der Waals surface area contributed by atoms with E-state index in [1.54, 1.807) is 24.3 Å². The molecule has 0 atom stereocenters. The highest BCUT2D eigenvalue weighted by Gasteiger charge is 2.17. The highest BCUT2D eigenvalue weighted by Crippen LogP contribution is 2.31. The molecule has 4 heteroatoms. The molecule has 0 aliphatic carbocycles. The normalized spacial score (nSPS) is 10.7. The van der Waals surface area contributed by atoms with E-state index in [0.717, 1.165) is 28.8 Å². The second kappa shape index (κ2) is 7.44. The summed E-state index contributed by atoms with van der Waals surface area (Å²) >= 11 is 0. The molecule has 0 saturated carbocycles. The number of hydrogen-bond acceptors (Lipinski definition) is 0. The molecule has 4 aromatic carbocycles. The van der Waals surface area contributed by atoms with Gasteiger partial charge in [-0.2, -0.15) is 0 Å². The Hall–Kier alpha value is -3.58. The van der Waals surface area contributed by atoms with Crippen LogP contribution in [-0.2, 0) is 0 Å². The topological polar surface area (TPSA) is 0 Å². The molecule has 0 radical (unpaired) electrons. The Kier molecular flexibility index (Phi) is 4.82. The third-order valence-electron chi connectivity index (χ3n) is 4.65. The van der Waals surface area contributed by atoms with Crippen molar-refractivity contribution in [2.45, 2.75) is 6.92 Å². The highest BCUT2D eigenvalue weighted by atomic mass is 19.2. The largest absolute Gasteiger partial charge is 0.206 e. The highest BCUT2D eigenvalue weighted by molar-refractivity contribution is 5.88. The molecule has 0 amide bonds. The van der Waals surface area contributed by atoms with Gasteiger partial charge in [-0.05, 0) is 65.9 Å². The Morgan fingerprint density at radius 1 is 0.586 bits per heavy atom. The van der Waals surface area contributed by atoms with Crippen molar-refractivity contribution < 1.29 is 17.6 Å². The van der Waals surface area contributed by atoms with Crippen LogP contribution in [0.2, 0.25) is 0 Å². The van der Waals surface area contributed by atoms with E-state index in [4.69, 9.17) is 0 Å². The molecule has 0 spiro atoms. The average molecular weight is 390 g/mol. The van der Waals surface area contributed by atoms with Crippen molar-refractivity contribution >= 4 is 10.8 Å². The maximum Gasteiger partial charge on any atom is 0.195 e. The van der Waals surface area contributed by atoms with Crippen LogP contribution in [0.4, 0.5) is 17.6 Å². The molecule has 0 aliphatic heterocycles. The van der Waals surface area contributed by atoms with Crippen molar-refractivity contribution in [2.24, 2.45) is 0 Å². The summed E-state index contributed by atoms with van der Waals surface area (Å²) in [6, 6.07) is 18.2. The molecule has 29 heavy (non-hydrogen) atoms. The van der Waals surface area contributed by atoms with E-state index < -0.39 is 28.7 Å². The molecule has 0 aromatic heterocycles. The van der Waals surface area contributed by atoms with Crippen molar-refractivity contribution in [3.63, 3.8) is 0 Å². The molecule has 0 bridgehead atoms. The predicted molar refractivity (Wildman–Crippen MR) is 106 cm³/mol. The first-order valence-corrected chi connectivity index (χ1v) is 8.88. The Morgan fingerprint density at radius 3 is 1.79 bits per heavy atom. The smallest absolute Gasteiger partial charge is 0.195 e. The lowest BCUT2D eigenvalue weighted by molar-refractivity contribution is 0.451. The summed E-state index contributed by atoms with van der Waals surface area (Å²) in [7, 11) is 0. The van der Waals surface area contributed by atoms with E-state index in [9.17, 15) is 17.6 Å². The fourth-order valence-corrected chi connectivity index (χ4v) is 3.08. The standard InChI is InChI=1S/C25H14F4/c1-15-2-4-16(5-3-15)6-7-17-8-10-18(11-9-17)19-12-20-14-22(27)24(28)25(29)23(20)21(26)13-19/h2-5,8-14H,1H3. The second-order valence-corrected chi connectivity index (χ2v) is 6.74. The molecule has 0 unspecified atom stereocenters. The summed E-state index contributed by atoms with van der Waals surface area (Å²) in [4.78, 5) is 0. The van der Waals surface area contributed by atoms with Gasteiger partial charge in [0.15, 0.2) is 17.5 Å². The maximum absolute atomic E-state index is 14.4. The molecule has 0 fully saturated rings. The van der Waals surface area contributed by atoms with E-state index in [2.05, 4.69) is 11.8 Å². The maximum atomic E-state index is 14.4. The zero-order valence-corrected chi connectivity index (χ0v) is 15.4. The summed E-state index contributed by atoms with van der Waals surface area (Å²) in [6.07, 6.45) is 0. The van der Waals surface area contributed by atoms with Crippen LogP contribution >= 0.6 is 0 Å². The zero-order valence-electron chi connectivity index (χ0n) is 15.4. The van der Waals surface area contributed by atoms with Crippen molar-refractivity contribution in [3.8, 4) is 23.0 Å². The van der Waals surface area contributed by atoms with E-state index in [1.807, 2.05) is 31.2 Å². The van der Waals surface area contributed by atoms with Gasteiger partial charge >= 0.3 is 0 Å². The van der Waals surface area contributed by atoms with Crippen LogP contribution in [0.3, 0.4) is 0 Å². The van der Waals surface area contributed by atoms with Crippen molar-refractivity contribution in [2.75, 3.05) is 0 Å². The van der Waals surface area contributed by atoms with Crippen LogP contribution in [0.1, 0.15) is 16.7 Å². The molecular formula is C25H14F4. The summed E-state index contributed by atoms with van der Waals surface area (Å²) in [5.41, 5.74) is 3.91. The van der Waals surface area contributed by atoms with Crippen LogP contribution in [-0.4, -0.2) is 0 Å². The minimum atomic E-state index is -1.68. The van der Waals surface area contributed by atoms with E-state index >= 15 is 0 Å². The van der Waals surface area contributed by atoms with Gasteiger partial charge in [0.2, 0.25) is 0 Å². The van der Waals surface area contributed by atoms with E-state index in [-0.39, 0.29) is 5.39 Å². The number of aryl methyl sites for hydroxylation is 1. The molecule has 0 N–H and O–H groups in total. The minimum absolute atomic E-state index is 0.0420. The van der Waals surface area contributed by atoms with Crippen molar-refractivity contribution in [1.29, 1.82) is 0 Å². The van der Waals surface area contributed by atoms with Crippen LogP contribution in [0.5, 0.6) is 0 Å². The Labute approximate surface area is 165 Å². The fourth-order valence-electron chi connectivity index (χ4n) is 3.08. The lowest BCUT2D eigenvalue weighted by atomic mass is 9.99. The number of halogens is 4. The number of fused-ring (bicyclic) bond motifs is 1.